The Bertz CT molecular complexity index is 800. The number of ether oxygens (including phenoxy) is 1. The van der Waals surface area contributed by atoms with Gasteiger partial charge in [-0.1, -0.05) is 25.5 Å². The molecule has 2 aromatic carbocycles. The standard InChI is InChI=1S/C23H29N3O2S/c1-2-16-28-21-12-8-19(9-13-21)22(27)25-23(29)24-20-10-6-18(7-11-20)17-26-14-4-3-5-15-26/h6-13H,2-5,14-17H2,1H3,(H2,24,25,27,29). The molecule has 5 nitrogen and oxygen atoms in total. The highest BCUT2D eigenvalue weighted by Gasteiger charge is 2.11. The van der Waals surface area contributed by atoms with Gasteiger partial charge in [0.25, 0.3) is 5.91 Å². The number of rotatable bonds is 7. The molecule has 0 atom stereocenters. The van der Waals surface area contributed by atoms with Crippen LogP contribution < -0.4 is 15.4 Å². The number of amides is 1. The fraction of sp³-hybridized carbons (Fsp3) is 0.391. The molecular formula is C23H29N3O2S. The van der Waals surface area contributed by atoms with Gasteiger partial charge in [-0.3, -0.25) is 15.0 Å². The molecule has 1 saturated heterocycles. The van der Waals surface area contributed by atoms with Crippen LogP contribution in [-0.2, 0) is 6.54 Å². The number of nitrogens with zero attached hydrogens (tertiary/aromatic N) is 1. The van der Waals surface area contributed by atoms with Crippen LogP contribution in [0.1, 0.15) is 48.5 Å². The minimum absolute atomic E-state index is 0.244. The lowest BCUT2D eigenvalue weighted by Gasteiger charge is -2.26. The Morgan fingerprint density at radius 1 is 1.03 bits per heavy atom. The molecule has 154 valence electrons. The third kappa shape index (κ3) is 6.84. The zero-order valence-electron chi connectivity index (χ0n) is 16.9. The van der Waals surface area contributed by atoms with Gasteiger partial charge in [0.05, 0.1) is 6.61 Å². The number of nitrogens with one attached hydrogen (secondary N) is 2. The highest BCUT2D eigenvalue weighted by Crippen LogP contribution is 2.16. The second-order valence-corrected chi connectivity index (χ2v) is 7.72. The highest BCUT2D eigenvalue weighted by atomic mass is 32.1. The monoisotopic (exact) mass is 411 g/mol. The fourth-order valence-electron chi connectivity index (χ4n) is 3.33. The van der Waals surface area contributed by atoms with Gasteiger partial charge in [0.2, 0.25) is 0 Å². The number of benzene rings is 2. The lowest BCUT2D eigenvalue weighted by Crippen LogP contribution is -2.34. The summed E-state index contributed by atoms with van der Waals surface area (Å²) in [5.74, 6) is 0.514. The number of likely N-dealkylation sites (tertiary alicyclic amines) is 1. The summed E-state index contributed by atoms with van der Waals surface area (Å²) in [6, 6.07) is 15.3. The van der Waals surface area contributed by atoms with E-state index < -0.39 is 0 Å². The van der Waals surface area contributed by atoms with Crippen LogP contribution in [0, 0.1) is 0 Å². The summed E-state index contributed by atoms with van der Waals surface area (Å²) in [6.07, 6.45) is 4.88. The van der Waals surface area contributed by atoms with Crippen molar-refractivity contribution in [2.45, 2.75) is 39.2 Å². The molecule has 6 heteroatoms. The van der Waals surface area contributed by atoms with E-state index in [0.29, 0.717) is 12.2 Å². The summed E-state index contributed by atoms with van der Waals surface area (Å²) in [5.41, 5.74) is 2.69. The molecule has 1 heterocycles. The number of piperidine rings is 1. The Morgan fingerprint density at radius 3 is 2.38 bits per heavy atom. The normalized spacial score (nSPS) is 14.2. The van der Waals surface area contributed by atoms with Gasteiger partial charge >= 0.3 is 0 Å². The van der Waals surface area contributed by atoms with Crippen LogP contribution in [0.3, 0.4) is 0 Å². The van der Waals surface area contributed by atoms with Crippen LogP contribution >= 0.6 is 12.2 Å². The van der Waals surface area contributed by atoms with Gasteiger partial charge in [-0.15, -0.1) is 0 Å². The van der Waals surface area contributed by atoms with Gasteiger partial charge in [-0.25, -0.2) is 0 Å². The quantitative estimate of drug-likeness (QED) is 0.653. The van der Waals surface area contributed by atoms with Crippen molar-refractivity contribution in [2.24, 2.45) is 0 Å². The van der Waals surface area contributed by atoms with E-state index >= 15 is 0 Å². The number of carbonyl (C=O) groups is 1. The van der Waals surface area contributed by atoms with Crippen LogP contribution in [0.5, 0.6) is 5.75 Å². The minimum Gasteiger partial charge on any atom is -0.494 e. The molecular weight excluding hydrogens is 382 g/mol. The van der Waals surface area contributed by atoms with Crippen LogP contribution in [0.15, 0.2) is 48.5 Å². The molecule has 0 spiro atoms. The summed E-state index contributed by atoms with van der Waals surface area (Å²) >= 11 is 5.28. The van der Waals surface area contributed by atoms with Gasteiger partial charge in [0.15, 0.2) is 5.11 Å². The smallest absolute Gasteiger partial charge is 0.257 e. The van der Waals surface area contributed by atoms with E-state index in [1.807, 2.05) is 12.1 Å². The van der Waals surface area contributed by atoms with Gasteiger partial charge in [-0.2, -0.15) is 0 Å². The van der Waals surface area contributed by atoms with Crippen LogP contribution in [0.4, 0.5) is 5.69 Å². The Labute approximate surface area is 178 Å². The van der Waals surface area contributed by atoms with Crippen LogP contribution in [0.25, 0.3) is 0 Å². The number of hydrogen-bond acceptors (Lipinski definition) is 4. The summed E-state index contributed by atoms with van der Waals surface area (Å²) in [5, 5.41) is 6.08. The second-order valence-electron chi connectivity index (χ2n) is 7.31. The van der Waals surface area contributed by atoms with Crippen molar-refractivity contribution in [3.8, 4) is 5.75 Å². The predicted molar refractivity (Wildman–Crippen MR) is 121 cm³/mol. The van der Waals surface area contributed by atoms with Crippen molar-refractivity contribution in [3.63, 3.8) is 0 Å². The van der Waals surface area contributed by atoms with Gasteiger partial charge in [-0.05, 0) is 86.5 Å². The van der Waals surface area contributed by atoms with E-state index in [-0.39, 0.29) is 11.0 Å². The molecule has 0 aromatic heterocycles. The summed E-state index contributed by atoms with van der Waals surface area (Å²) in [7, 11) is 0. The molecule has 0 bridgehead atoms. The highest BCUT2D eigenvalue weighted by molar-refractivity contribution is 7.80. The number of thiocarbonyl (C=S) groups is 1. The van der Waals surface area contributed by atoms with Crippen molar-refractivity contribution in [3.05, 3.63) is 59.7 Å². The number of hydrogen-bond donors (Lipinski definition) is 2. The van der Waals surface area contributed by atoms with E-state index in [1.54, 1.807) is 24.3 Å². The van der Waals surface area contributed by atoms with Gasteiger partial charge < -0.3 is 10.1 Å². The molecule has 0 radical (unpaired) electrons. The zero-order valence-corrected chi connectivity index (χ0v) is 17.8. The second kappa shape index (κ2) is 10.9. The molecule has 1 fully saturated rings. The SMILES string of the molecule is CCCOc1ccc(C(=O)NC(=S)Nc2ccc(CN3CCCCC3)cc2)cc1. The zero-order chi connectivity index (χ0) is 20.5. The first-order valence-electron chi connectivity index (χ1n) is 10.3. The lowest BCUT2D eigenvalue weighted by molar-refractivity contribution is 0.0977. The van der Waals surface area contributed by atoms with Crippen LogP contribution in [0.2, 0.25) is 0 Å². The maximum absolute atomic E-state index is 12.4. The largest absolute Gasteiger partial charge is 0.494 e. The number of carbonyl (C=O) groups excluding carboxylic acids is 1. The predicted octanol–water partition coefficient (Wildman–Crippen LogP) is 4.59. The van der Waals surface area contributed by atoms with E-state index in [0.717, 1.165) is 24.4 Å². The minimum atomic E-state index is -0.244. The average Bonchev–Trinajstić information content (AvgIpc) is 2.74. The summed E-state index contributed by atoms with van der Waals surface area (Å²) in [6.45, 7) is 6.07. The topological polar surface area (TPSA) is 53.6 Å². The first kappa shape index (κ1) is 21.3. The Kier molecular flexibility index (Phi) is 8.02. The van der Waals surface area contributed by atoms with Crippen molar-refractivity contribution >= 4 is 28.9 Å². The van der Waals surface area contributed by atoms with E-state index in [4.69, 9.17) is 17.0 Å². The first-order valence-corrected chi connectivity index (χ1v) is 10.7. The maximum atomic E-state index is 12.4. The Morgan fingerprint density at radius 2 is 1.72 bits per heavy atom. The number of anilines is 1. The Balaban J connectivity index is 1.47. The third-order valence-electron chi connectivity index (χ3n) is 4.88. The van der Waals surface area contributed by atoms with E-state index in [2.05, 4.69) is 34.6 Å². The molecule has 29 heavy (non-hydrogen) atoms. The molecule has 1 aliphatic rings. The average molecular weight is 412 g/mol. The van der Waals surface area contributed by atoms with Crippen molar-refractivity contribution in [1.82, 2.24) is 10.2 Å². The van der Waals surface area contributed by atoms with E-state index in [1.165, 1.54) is 37.9 Å². The van der Waals surface area contributed by atoms with Crippen LogP contribution in [-0.4, -0.2) is 35.6 Å². The molecule has 0 aliphatic carbocycles. The van der Waals surface area contributed by atoms with Gasteiger partial charge in [0.1, 0.15) is 5.75 Å². The third-order valence-corrected chi connectivity index (χ3v) is 5.09. The molecule has 1 amide bonds. The van der Waals surface area contributed by atoms with Gasteiger partial charge in [0, 0.05) is 17.8 Å². The summed E-state index contributed by atoms with van der Waals surface area (Å²) < 4.78 is 5.53. The molecule has 0 unspecified atom stereocenters. The Hall–Kier alpha value is -2.44. The molecule has 3 rings (SSSR count). The van der Waals surface area contributed by atoms with Crippen molar-refractivity contribution in [2.75, 3.05) is 25.0 Å². The van der Waals surface area contributed by atoms with Crippen molar-refractivity contribution < 1.29 is 9.53 Å². The first-order chi connectivity index (χ1) is 14.1. The molecule has 2 aromatic rings. The van der Waals surface area contributed by atoms with E-state index in [9.17, 15) is 4.79 Å². The maximum Gasteiger partial charge on any atom is 0.257 e. The molecule has 0 saturated carbocycles. The molecule has 2 N–H and O–H groups in total. The molecule has 1 aliphatic heterocycles. The fourth-order valence-corrected chi connectivity index (χ4v) is 3.54. The summed E-state index contributed by atoms with van der Waals surface area (Å²) in [4.78, 5) is 14.9. The lowest BCUT2D eigenvalue weighted by atomic mass is 10.1. The van der Waals surface area contributed by atoms with Crippen molar-refractivity contribution in [1.29, 1.82) is 0 Å².